The molecule has 0 N–H and O–H groups in total. The van der Waals surface area contributed by atoms with E-state index in [1.807, 2.05) is 42.6 Å². The number of imidazole rings is 1. The Morgan fingerprint density at radius 2 is 1.59 bits per heavy atom. The molecule has 0 aliphatic rings. The van der Waals surface area contributed by atoms with Gasteiger partial charge in [0, 0.05) is 21.9 Å². The van der Waals surface area contributed by atoms with Crippen LogP contribution in [0.25, 0.3) is 5.69 Å². The van der Waals surface area contributed by atoms with Gasteiger partial charge in [-0.15, -0.1) is 0 Å². The van der Waals surface area contributed by atoms with Crippen molar-refractivity contribution in [1.82, 2.24) is 9.55 Å². The summed E-state index contributed by atoms with van der Waals surface area (Å²) in [6, 6.07) is 19.8. The molecule has 4 rings (SSSR count). The van der Waals surface area contributed by atoms with Crippen molar-refractivity contribution < 1.29 is 4.39 Å². The molecule has 0 fully saturated rings. The zero-order valence-electron chi connectivity index (χ0n) is 17.4. The lowest BCUT2D eigenvalue weighted by Gasteiger charge is -2.28. The van der Waals surface area contributed by atoms with E-state index in [2.05, 4.69) is 18.4 Å². The van der Waals surface area contributed by atoms with Gasteiger partial charge >= 0.3 is 0 Å². The minimum absolute atomic E-state index is 0.283. The molecule has 2 nitrogen and oxygen atoms in total. The number of rotatable bonds is 6. The van der Waals surface area contributed by atoms with E-state index in [0.717, 1.165) is 33.4 Å². The quantitative estimate of drug-likeness (QED) is 0.244. The highest BCUT2D eigenvalue weighted by molar-refractivity contribution is 7.98. The zero-order valence-corrected chi connectivity index (χ0v) is 20.5. The maximum absolute atomic E-state index is 13.6. The van der Waals surface area contributed by atoms with Gasteiger partial charge < -0.3 is 0 Å². The topological polar surface area (TPSA) is 17.8 Å². The SMILES string of the molecule is CC(C)(c1ccc(Cl)c(Cl)c1)c1cnc(SCc2ccc(Cl)cc2)n1-c1ccc(F)cc1. The third-order valence-corrected chi connectivity index (χ3v) is 7.39. The average molecular weight is 506 g/mol. The van der Waals surface area contributed by atoms with E-state index in [1.54, 1.807) is 30.0 Å². The number of hydrogen-bond donors (Lipinski definition) is 0. The fourth-order valence-electron chi connectivity index (χ4n) is 3.48. The molecule has 0 unspecified atom stereocenters. The Morgan fingerprint density at radius 3 is 2.25 bits per heavy atom. The lowest BCUT2D eigenvalue weighted by atomic mass is 9.81. The second-order valence-electron chi connectivity index (χ2n) is 7.91. The van der Waals surface area contributed by atoms with Gasteiger partial charge in [-0.1, -0.05) is 78.6 Å². The summed E-state index contributed by atoms with van der Waals surface area (Å²) in [4.78, 5) is 4.73. The van der Waals surface area contributed by atoms with Crippen molar-refractivity contribution in [2.24, 2.45) is 0 Å². The van der Waals surface area contributed by atoms with Crippen molar-refractivity contribution in [3.05, 3.63) is 111 Å². The van der Waals surface area contributed by atoms with Crippen LogP contribution in [0.5, 0.6) is 0 Å². The highest BCUT2D eigenvalue weighted by Crippen LogP contribution is 2.38. The fraction of sp³-hybridized carbons (Fsp3) is 0.160. The van der Waals surface area contributed by atoms with Gasteiger partial charge in [0.05, 0.1) is 21.9 Å². The first-order valence-corrected chi connectivity index (χ1v) is 12.0. The summed E-state index contributed by atoms with van der Waals surface area (Å²) in [5, 5.41) is 2.53. The smallest absolute Gasteiger partial charge is 0.173 e. The van der Waals surface area contributed by atoms with Crippen LogP contribution in [-0.4, -0.2) is 9.55 Å². The van der Waals surface area contributed by atoms with E-state index in [0.29, 0.717) is 15.1 Å². The second-order valence-corrected chi connectivity index (χ2v) is 10.1. The number of aromatic nitrogens is 2. The Balaban J connectivity index is 1.77. The highest BCUT2D eigenvalue weighted by atomic mass is 35.5. The Kier molecular flexibility index (Phi) is 6.87. The fourth-order valence-corrected chi connectivity index (χ4v) is 4.85. The van der Waals surface area contributed by atoms with Crippen LogP contribution in [0, 0.1) is 5.82 Å². The van der Waals surface area contributed by atoms with Crippen LogP contribution in [0.4, 0.5) is 4.39 Å². The largest absolute Gasteiger partial charge is 0.291 e. The number of thioether (sulfide) groups is 1. The van der Waals surface area contributed by atoms with Crippen LogP contribution < -0.4 is 0 Å². The molecular formula is C25H20Cl3FN2S. The first kappa shape index (κ1) is 23.2. The molecule has 164 valence electrons. The minimum atomic E-state index is -0.436. The third-order valence-electron chi connectivity index (χ3n) is 5.38. The van der Waals surface area contributed by atoms with Gasteiger partial charge in [-0.3, -0.25) is 4.57 Å². The van der Waals surface area contributed by atoms with E-state index in [-0.39, 0.29) is 5.82 Å². The molecule has 1 heterocycles. The lowest BCUT2D eigenvalue weighted by molar-refractivity contribution is 0.591. The normalized spacial score (nSPS) is 11.7. The molecule has 1 aromatic heterocycles. The molecular weight excluding hydrogens is 486 g/mol. The molecule has 3 aromatic carbocycles. The molecule has 0 bridgehead atoms. The third kappa shape index (κ3) is 4.84. The summed E-state index contributed by atoms with van der Waals surface area (Å²) >= 11 is 20.1. The summed E-state index contributed by atoms with van der Waals surface area (Å²) in [5.74, 6) is 0.441. The summed E-state index contributed by atoms with van der Waals surface area (Å²) in [7, 11) is 0. The molecule has 0 saturated carbocycles. The van der Waals surface area contributed by atoms with Crippen molar-refractivity contribution in [1.29, 1.82) is 0 Å². The molecule has 4 aromatic rings. The van der Waals surface area contributed by atoms with Gasteiger partial charge in [-0.25, -0.2) is 9.37 Å². The second kappa shape index (κ2) is 9.48. The van der Waals surface area contributed by atoms with Crippen molar-refractivity contribution in [3.8, 4) is 5.69 Å². The van der Waals surface area contributed by atoms with Gasteiger partial charge in [0.15, 0.2) is 5.16 Å². The predicted molar refractivity (Wildman–Crippen MR) is 133 cm³/mol. The van der Waals surface area contributed by atoms with Crippen molar-refractivity contribution in [3.63, 3.8) is 0 Å². The molecule has 0 radical (unpaired) electrons. The average Bonchev–Trinajstić information content (AvgIpc) is 3.20. The van der Waals surface area contributed by atoms with E-state index in [9.17, 15) is 4.39 Å². The van der Waals surface area contributed by atoms with Crippen LogP contribution in [0.15, 0.2) is 78.1 Å². The Morgan fingerprint density at radius 1 is 0.906 bits per heavy atom. The van der Waals surface area contributed by atoms with E-state index >= 15 is 0 Å². The maximum atomic E-state index is 13.6. The maximum Gasteiger partial charge on any atom is 0.173 e. The van der Waals surface area contributed by atoms with Crippen molar-refractivity contribution in [2.75, 3.05) is 0 Å². The van der Waals surface area contributed by atoms with Crippen LogP contribution in [0.1, 0.15) is 30.7 Å². The molecule has 0 saturated heterocycles. The first-order valence-electron chi connectivity index (χ1n) is 9.92. The van der Waals surface area contributed by atoms with Crippen molar-refractivity contribution >= 4 is 46.6 Å². The number of halogens is 4. The summed E-state index contributed by atoms with van der Waals surface area (Å²) < 4.78 is 15.7. The monoisotopic (exact) mass is 504 g/mol. The van der Waals surface area contributed by atoms with E-state index in [1.165, 1.54) is 12.1 Å². The number of nitrogens with zero attached hydrogens (tertiary/aromatic N) is 2. The van der Waals surface area contributed by atoms with Crippen molar-refractivity contribution in [2.45, 2.75) is 30.2 Å². The molecule has 0 amide bonds. The van der Waals surface area contributed by atoms with Gasteiger partial charge in [-0.2, -0.15) is 0 Å². The molecule has 7 heteroatoms. The standard InChI is InChI=1S/C25H20Cl3FN2S/c1-25(2,17-5-12-21(27)22(28)13-17)23-14-30-24(31(23)20-10-8-19(29)9-11-20)32-15-16-3-6-18(26)7-4-16/h3-14H,15H2,1-2H3. The van der Waals surface area contributed by atoms with Crippen LogP contribution in [-0.2, 0) is 11.2 Å². The van der Waals surface area contributed by atoms with E-state index < -0.39 is 5.41 Å². The predicted octanol–water partition coefficient (Wildman–Crippen LogP) is 8.59. The lowest BCUT2D eigenvalue weighted by Crippen LogP contribution is -2.23. The van der Waals surface area contributed by atoms with Gasteiger partial charge in [0.25, 0.3) is 0 Å². The van der Waals surface area contributed by atoms with Crippen LogP contribution in [0.2, 0.25) is 15.1 Å². The summed E-state index contributed by atoms with van der Waals surface area (Å²) in [6.07, 6.45) is 1.87. The van der Waals surface area contributed by atoms with Gasteiger partial charge in [-0.05, 0) is 59.7 Å². The zero-order chi connectivity index (χ0) is 22.9. The molecule has 0 aliphatic carbocycles. The highest BCUT2D eigenvalue weighted by Gasteiger charge is 2.30. The molecule has 0 spiro atoms. The summed E-state index contributed by atoms with van der Waals surface area (Å²) in [6.45, 7) is 4.22. The number of benzene rings is 3. The van der Waals surface area contributed by atoms with Gasteiger partial charge in [0.2, 0.25) is 0 Å². The Hall–Kier alpha value is -1.98. The van der Waals surface area contributed by atoms with Gasteiger partial charge in [0.1, 0.15) is 5.82 Å². The van der Waals surface area contributed by atoms with E-state index in [4.69, 9.17) is 39.8 Å². The Labute approximate surface area is 206 Å². The molecule has 0 atom stereocenters. The Bertz CT molecular complexity index is 1240. The molecule has 32 heavy (non-hydrogen) atoms. The summed E-state index contributed by atoms with van der Waals surface area (Å²) in [5.41, 5.74) is 3.50. The minimum Gasteiger partial charge on any atom is -0.291 e. The number of hydrogen-bond acceptors (Lipinski definition) is 2. The first-order chi connectivity index (χ1) is 15.3. The molecule has 0 aliphatic heterocycles. The van der Waals surface area contributed by atoms with Crippen LogP contribution >= 0.6 is 46.6 Å². The van der Waals surface area contributed by atoms with Crippen LogP contribution in [0.3, 0.4) is 0 Å².